The van der Waals surface area contributed by atoms with E-state index in [1.54, 1.807) is 30.3 Å². The van der Waals surface area contributed by atoms with Gasteiger partial charge in [-0.1, -0.05) is 42.5 Å². The SMILES string of the molecule is O=c1[nH]c2ccccc2c(=O)n1N=Cc1cc(Br)c(OCc2ccccc2)c([N+](=O)[O-])c1. The van der Waals surface area contributed by atoms with E-state index < -0.39 is 16.2 Å². The van der Waals surface area contributed by atoms with Crippen LogP contribution in [0.1, 0.15) is 11.1 Å². The molecule has 4 rings (SSSR count). The highest BCUT2D eigenvalue weighted by atomic mass is 79.9. The van der Waals surface area contributed by atoms with E-state index in [0.717, 1.165) is 5.56 Å². The number of nitro benzene ring substituents is 1. The minimum atomic E-state index is -0.721. The Morgan fingerprint density at radius 1 is 1.09 bits per heavy atom. The van der Waals surface area contributed by atoms with E-state index >= 15 is 0 Å². The molecule has 0 aliphatic carbocycles. The first-order valence-electron chi connectivity index (χ1n) is 9.37. The molecule has 0 aliphatic heterocycles. The van der Waals surface area contributed by atoms with Gasteiger partial charge in [0, 0.05) is 11.6 Å². The molecule has 1 heterocycles. The van der Waals surface area contributed by atoms with E-state index in [2.05, 4.69) is 26.0 Å². The summed E-state index contributed by atoms with van der Waals surface area (Å²) in [6.45, 7) is 0.148. The van der Waals surface area contributed by atoms with Gasteiger partial charge in [-0.15, -0.1) is 4.68 Å². The summed E-state index contributed by atoms with van der Waals surface area (Å²) < 4.78 is 6.68. The first-order chi connectivity index (χ1) is 15.4. The average Bonchev–Trinajstić information content (AvgIpc) is 2.78. The first-order valence-corrected chi connectivity index (χ1v) is 10.2. The molecule has 3 aromatic carbocycles. The van der Waals surface area contributed by atoms with Crippen LogP contribution in [0.15, 0.2) is 85.9 Å². The van der Waals surface area contributed by atoms with Gasteiger partial charge in [-0.2, -0.15) is 5.10 Å². The quantitative estimate of drug-likeness (QED) is 0.248. The van der Waals surface area contributed by atoms with Gasteiger partial charge in [0.15, 0.2) is 0 Å². The Bertz CT molecular complexity index is 1460. The van der Waals surface area contributed by atoms with Gasteiger partial charge < -0.3 is 9.72 Å². The Morgan fingerprint density at radius 2 is 1.81 bits per heavy atom. The second kappa shape index (κ2) is 8.98. The van der Waals surface area contributed by atoms with Gasteiger partial charge in [-0.25, -0.2) is 4.79 Å². The van der Waals surface area contributed by atoms with Gasteiger partial charge in [0.2, 0.25) is 5.75 Å². The number of nitro groups is 1. The Balaban J connectivity index is 1.69. The standard InChI is InChI=1S/C22H15BrN4O5/c23-17-10-15(11-19(27(30)31)20(17)32-13-14-6-2-1-3-7-14)12-24-26-21(28)16-8-4-5-9-18(16)25-22(26)29/h1-12H,13H2,(H,25,29). The fourth-order valence-electron chi connectivity index (χ4n) is 3.06. The number of hydrogen-bond acceptors (Lipinski definition) is 6. The number of benzene rings is 3. The maximum absolute atomic E-state index is 12.6. The smallest absolute Gasteiger partial charge is 0.349 e. The maximum Gasteiger partial charge on any atom is 0.349 e. The highest BCUT2D eigenvalue weighted by Crippen LogP contribution is 2.36. The molecule has 0 unspecified atom stereocenters. The third-order valence-corrected chi connectivity index (χ3v) is 5.16. The predicted octanol–water partition coefficient (Wildman–Crippen LogP) is 3.82. The summed E-state index contributed by atoms with van der Waals surface area (Å²) in [6, 6.07) is 18.6. The highest BCUT2D eigenvalue weighted by Gasteiger charge is 2.20. The van der Waals surface area contributed by atoms with Crippen molar-refractivity contribution in [1.29, 1.82) is 0 Å². The van der Waals surface area contributed by atoms with Gasteiger partial charge in [0.05, 0.1) is 26.5 Å². The average molecular weight is 495 g/mol. The Kier molecular flexibility index (Phi) is 5.95. The van der Waals surface area contributed by atoms with Crippen LogP contribution in [0.5, 0.6) is 5.75 Å². The third-order valence-electron chi connectivity index (χ3n) is 4.58. The van der Waals surface area contributed by atoms with Crippen molar-refractivity contribution in [1.82, 2.24) is 9.66 Å². The number of H-pyrrole nitrogens is 1. The van der Waals surface area contributed by atoms with Crippen molar-refractivity contribution in [3.05, 3.63) is 113 Å². The predicted molar refractivity (Wildman–Crippen MR) is 123 cm³/mol. The Hall–Kier alpha value is -4.05. The largest absolute Gasteiger partial charge is 0.481 e. The van der Waals surface area contributed by atoms with Crippen molar-refractivity contribution >= 4 is 38.7 Å². The van der Waals surface area contributed by atoms with Gasteiger partial charge in [-0.3, -0.25) is 14.9 Å². The lowest BCUT2D eigenvalue weighted by molar-refractivity contribution is -0.386. The molecule has 1 aromatic heterocycles. The van der Waals surface area contributed by atoms with E-state index in [1.807, 2.05) is 30.3 Å². The zero-order chi connectivity index (χ0) is 22.7. The minimum absolute atomic E-state index is 0.0664. The summed E-state index contributed by atoms with van der Waals surface area (Å²) in [7, 11) is 0. The molecular weight excluding hydrogens is 480 g/mol. The first kappa shape index (κ1) is 21.2. The number of nitrogens with zero attached hydrogens (tertiary/aromatic N) is 3. The number of hydrogen-bond donors (Lipinski definition) is 1. The zero-order valence-electron chi connectivity index (χ0n) is 16.4. The van der Waals surface area contributed by atoms with Crippen LogP contribution < -0.4 is 16.0 Å². The van der Waals surface area contributed by atoms with Crippen molar-refractivity contribution in [2.75, 3.05) is 0 Å². The number of ether oxygens (including phenoxy) is 1. The second-order valence-electron chi connectivity index (χ2n) is 6.72. The molecule has 0 atom stereocenters. The van der Waals surface area contributed by atoms with E-state index in [4.69, 9.17) is 4.74 Å². The second-order valence-corrected chi connectivity index (χ2v) is 7.57. The van der Waals surface area contributed by atoms with Gasteiger partial charge in [-0.05, 0) is 39.7 Å². The zero-order valence-corrected chi connectivity index (χ0v) is 18.0. The molecule has 1 N–H and O–H groups in total. The van der Waals surface area contributed by atoms with Crippen molar-refractivity contribution in [3.63, 3.8) is 0 Å². The van der Waals surface area contributed by atoms with Crippen LogP contribution in [0.2, 0.25) is 0 Å². The highest BCUT2D eigenvalue weighted by molar-refractivity contribution is 9.10. The number of para-hydroxylation sites is 1. The molecule has 0 spiro atoms. The molecule has 0 aliphatic rings. The van der Waals surface area contributed by atoms with Crippen LogP contribution in [-0.4, -0.2) is 20.8 Å². The van der Waals surface area contributed by atoms with Crippen molar-refractivity contribution in [3.8, 4) is 5.75 Å². The molecule has 0 saturated carbocycles. The lowest BCUT2D eigenvalue weighted by atomic mass is 10.2. The number of aromatic nitrogens is 2. The summed E-state index contributed by atoms with van der Waals surface area (Å²) >= 11 is 3.30. The summed E-state index contributed by atoms with van der Waals surface area (Å²) in [6.07, 6.45) is 1.20. The van der Waals surface area contributed by atoms with Crippen molar-refractivity contribution in [2.24, 2.45) is 5.10 Å². The van der Waals surface area contributed by atoms with Gasteiger partial charge >= 0.3 is 11.4 Å². The number of nitrogens with one attached hydrogen (secondary N) is 1. The van der Waals surface area contributed by atoms with Crippen LogP contribution in [-0.2, 0) is 6.61 Å². The van der Waals surface area contributed by atoms with E-state index in [9.17, 15) is 19.7 Å². The van der Waals surface area contributed by atoms with E-state index in [1.165, 1.54) is 12.3 Å². The van der Waals surface area contributed by atoms with E-state index in [0.29, 0.717) is 25.6 Å². The number of fused-ring (bicyclic) bond motifs is 1. The van der Waals surface area contributed by atoms with Crippen LogP contribution in [0.4, 0.5) is 5.69 Å². The molecule has 9 nitrogen and oxygen atoms in total. The summed E-state index contributed by atoms with van der Waals surface area (Å²) in [5, 5.41) is 15.9. The topological polar surface area (TPSA) is 120 Å². The molecule has 0 fully saturated rings. The lowest BCUT2D eigenvalue weighted by Crippen LogP contribution is -2.32. The van der Waals surface area contributed by atoms with Crippen molar-refractivity contribution in [2.45, 2.75) is 6.61 Å². The van der Waals surface area contributed by atoms with E-state index in [-0.39, 0.29) is 18.0 Å². The van der Waals surface area contributed by atoms with Crippen LogP contribution in [0.25, 0.3) is 10.9 Å². The molecule has 0 bridgehead atoms. The third kappa shape index (κ3) is 4.35. The van der Waals surface area contributed by atoms with Crippen LogP contribution in [0.3, 0.4) is 0 Å². The summed E-state index contributed by atoms with van der Waals surface area (Å²) in [4.78, 5) is 38.4. The molecule has 32 heavy (non-hydrogen) atoms. The van der Waals surface area contributed by atoms with Crippen LogP contribution >= 0.6 is 15.9 Å². The molecule has 10 heteroatoms. The molecule has 0 amide bonds. The molecule has 0 radical (unpaired) electrons. The fourth-order valence-corrected chi connectivity index (χ4v) is 3.65. The molecular formula is C22H15BrN4O5. The van der Waals surface area contributed by atoms with Gasteiger partial charge in [0.25, 0.3) is 5.56 Å². The maximum atomic E-state index is 12.6. The van der Waals surface area contributed by atoms with Crippen molar-refractivity contribution < 1.29 is 9.66 Å². The molecule has 160 valence electrons. The fraction of sp³-hybridized carbons (Fsp3) is 0.0455. The van der Waals surface area contributed by atoms with Crippen LogP contribution in [0, 0.1) is 10.1 Å². The Morgan fingerprint density at radius 3 is 2.56 bits per heavy atom. The monoisotopic (exact) mass is 494 g/mol. The Labute approximate surface area is 188 Å². The minimum Gasteiger partial charge on any atom is -0.481 e. The lowest BCUT2D eigenvalue weighted by Gasteiger charge is -2.10. The number of halogens is 1. The van der Waals surface area contributed by atoms with Gasteiger partial charge in [0.1, 0.15) is 6.61 Å². The summed E-state index contributed by atoms with van der Waals surface area (Å²) in [5.74, 6) is 0.0664. The molecule has 0 saturated heterocycles. The molecule has 4 aromatic rings. The number of rotatable bonds is 6. The normalized spacial score (nSPS) is 11.2. The number of aromatic amines is 1. The summed E-state index contributed by atoms with van der Waals surface area (Å²) in [5.41, 5.74) is -0.0496.